The topological polar surface area (TPSA) is 32.3 Å². The lowest BCUT2D eigenvalue weighted by molar-refractivity contribution is 0.125. The molecule has 0 aromatic carbocycles. The first-order valence-corrected chi connectivity index (χ1v) is 4.58. The Morgan fingerprint density at radius 3 is 2.64 bits per heavy atom. The Balaban J connectivity index is 2.07. The minimum Gasteiger partial charge on any atom is -0.395 e. The molecule has 1 aliphatic heterocycles. The maximum Gasteiger partial charge on any atom is 0.0587 e. The maximum atomic E-state index is 8.86. The van der Waals surface area contributed by atoms with Crippen LogP contribution < -0.4 is 5.32 Å². The van der Waals surface area contributed by atoms with E-state index in [4.69, 9.17) is 5.11 Å². The summed E-state index contributed by atoms with van der Waals surface area (Å²) in [6.45, 7) is 5.92. The van der Waals surface area contributed by atoms with Gasteiger partial charge in [0, 0.05) is 6.04 Å². The van der Waals surface area contributed by atoms with E-state index in [1.807, 2.05) is 0 Å². The van der Waals surface area contributed by atoms with Crippen molar-refractivity contribution in [3.05, 3.63) is 0 Å². The van der Waals surface area contributed by atoms with Gasteiger partial charge in [-0.2, -0.15) is 0 Å². The third-order valence-corrected chi connectivity index (χ3v) is 2.52. The minimum absolute atomic E-state index is 0.308. The molecule has 0 aliphatic carbocycles. The minimum atomic E-state index is 0.308. The van der Waals surface area contributed by atoms with Crippen molar-refractivity contribution in [3.8, 4) is 0 Å². The van der Waals surface area contributed by atoms with Crippen molar-refractivity contribution in [1.29, 1.82) is 0 Å². The summed E-state index contributed by atoms with van der Waals surface area (Å²) in [6, 6.07) is 0.397. The molecule has 0 spiro atoms. The Kier molecular flexibility index (Phi) is 3.34. The molecule has 0 amide bonds. The van der Waals surface area contributed by atoms with Gasteiger partial charge in [-0.3, -0.25) is 0 Å². The zero-order valence-corrected chi connectivity index (χ0v) is 7.51. The first kappa shape index (κ1) is 9.01. The van der Waals surface area contributed by atoms with Crippen molar-refractivity contribution >= 4 is 0 Å². The second kappa shape index (κ2) is 4.07. The number of aliphatic hydroxyl groups is 1. The molecule has 0 aromatic heterocycles. The van der Waals surface area contributed by atoms with E-state index in [1.54, 1.807) is 0 Å². The molecule has 2 nitrogen and oxygen atoms in total. The molecule has 1 heterocycles. The highest BCUT2D eigenvalue weighted by atomic mass is 16.3. The van der Waals surface area contributed by atoms with Crippen LogP contribution in [-0.2, 0) is 0 Å². The summed E-state index contributed by atoms with van der Waals surface area (Å²) in [4.78, 5) is 0. The summed E-state index contributed by atoms with van der Waals surface area (Å²) in [5.74, 6) is 1.54. The van der Waals surface area contributed by atoms with Crippen LogP contribution in [-0.4, -0.2) is 24.3 Å². The normalized spacial score (nSPS) is 30.5. The van der Waals surface area contributed by atoms with Gasteiger partial charge in [-0.25, -0.2) is 0 Å². The second-order valence-electron chi connectivity index (χ2n) is 3.93. The van der Waals surface area contributed by atoms with E-state index < -0.39 is 0 Å². The summed E-state index contributed by atoms with van der Waals surface area (Å²) < 4.78 is 0. The molecule has 1 aliphatic rings. The predicted molar refractivity (Wildman–Crippen MR) is 46.4 cm³/mol. The molecule has 0 unspecified atom stereocenters. The average Bonchev–Trinajstić information content (AvgIpc) is 1.86. The van der Waals surface area contributed by atoms with Crippen LogP contribution in [0.1, 0.15) is 26.7 Å². The van der Waals surface area contributed by atoms with Crippen LogP contribution in [0.5, 0.6) is 0 Å². The number of hydrogen-bond donors (Lipinski definition) is 2. The Labute approximate surface area is 69.0 Å². The Morgan fingerprint density at radius 2 is 2.27 bits per heavy atom. The number of rotatable bonds is 4. The molecule has 0 saturated carbocycles. The van der Waals surface area contributed by atoms with E-state index in [9.17, 15) is 0 Å². The molecule has 1 saturated heterocycles. The van der Waals surface area contributed by atoms with Gasteiger partial charge in [0.1, 0.15) is 0 Å². The fourth-order valence-corrected chi connectivity index (χ4v) is 1.52. The molecule has 1 rings (SSSR count). The Hall–Kier alpha value is -0.0800. The molecule has 0 aromatic rings. The molecule has 11 heavy (non-hydrogen) atoms. The van der Waals surface area contributed by atoms with Gasteiger partial charge in [0.2, 0.25) is 0 Å². The smallest absolute Gasteiger partial charge is 0.0587 e. The van der Waals surface area contributed by atoms with Gasteiger partial charge < -0.3 is 10.4 Å². The third kappa shape index (κ3) is 2.46. The van der Waals surface area contributed by atoms with Gasteiger partial charge in [-0.1, -0.05) is 20.3 Å². The van der Waals surface area contributed by atoms with Crippen molar-refractivity contribution in [3.63, 3.8) is 0 Å². The number of aliphatic hydroxyl groups excluding tert-OH is 1. The van der Waals surface area contributed by atoms with Gasteiger partial charge in [0.15, 0.2) is 0 Å². The summed E-state index contributed by atoms with van der Waals surface area (Å²) in [6.07, 6.45) is 2.57. The molecule has 0 bridgehead atoms. The summed E-state index contributed by atoms with van der Waals surface area (Å²) >= 11 is 0. The van der Waals surface area contributed by atoms with Crippen LogP contribution >= 0.6 is 0 Å². The van der Waals surface area contributed by atoms with E-state index >= 15 is 0 Å². The van der Waals surface area contributed by atoms with Crippen LogP contribution in [0.2, 0.25) is 0 Å². The average molecular weight is 157 g/mol. The van der Waals surface area contributed by atoms with Crippen LogP contribution in [0.3, 0.4) is 0 Å². The van der Waals surface area contributed by atoms with E-state index in [2.05, 4.69) is 19.2 Å². The van der Waals surface area contributed by atoms with Crippen molar-refractivity contribution in [2.75, 3.05) is 13.2 Å². The standard InChI is InChI=1S/C9H19NO/c1-7(2)3-4-8-5-10-9(8)6-11/h7-11H,3-6H2,1-2H3/t8-,9+/m0/s1. The molecule has 2 atom stereocenters. The monoisotopic (exact) mass is 157 g/mol. The zero-order valence-electron chi connectivity index (χ0n) is 7.51. The van der Waals surface area contributed by atoms with Crippen molar-refractivity contribution in [2.24, 2.45) is 11.8 Å². The quantitative estimate of drug-likeness (QED) is 0.638. The molecular formula is C9H19NO. The largest absolute Gasteiger partial charge is 0.395 e. The van der Waals surface area contributed by atoms with E-state index in [1.165, 1.54) is 12.8 Å². The Bertz CT molecular complexity index is 112. The highest BCUT2D eigenvalue weighted by Crippen LogP contribution is 2.20. The van der Waals surface area contributed by atoms with E-state index in [0.29, 0.717) is 12.6 Å². The van der Waals surface area contributed by atoms with Crippen molar-refractivity contribution in [2.45, 2.75) is 32.7 Å². The molecule has 0 radical (unpaired) electrons. The molecule has 2 N–H and O–H groups in total. The first-order valence-electron chi connectivity index (χ1n) is 4.58. The van der Waals surface area contributed by atoms with Crippen molar-refractivity contribution in [1.82, 2.24) is 5.32 Å². The second-order valence-corrected chi connectivity index (χ2v) is 3.93. The van der Waals surface area contributed by atoms with Crippen LogP contribution in [0.25, 0.3) is 0 Å². The SMILES string of the molecule is CC(C)CC[C@H]1CN[C@@H]1CO. The third-order valence-electron chi connectivity index (χ3n) is 2.52. The molecule has 66 valence electrons. The molecule has 1 fully saturated rings. The van der Waals surface area contributed by atoms with Crippen molar-refractivity contribution < 1.29 is 5.11 Å². The number of nitrogens with one attached hydrogen (secondary N) is 1. The fraction of sp³-hybridized carbons (Fsp3) is 1.00. The lowest BCUT2D eigenvalue weighted by Crippen LogP contribution is -2.54. The Morgan fingerprint density at radius 1 is 1.55 bits per heavy atom. The number of hydrogen-bond acceptors (Lipinski definition) is 2. The van der Waals surface area contributed by atoms with Gasteiger partial charge in [-0.05, 0) is 24.8 Å². The highest BCUT2D eigenvalue weighted by molar-refractivity contribution is 4.87. The van der Waals surface area contributed by atoms with E-state index in [0.717, 1.165) is 18.4 Å². The van der Waals surface area contributed by atoms with Gasteiger partial charge in [-0.15, -0.1) is 0 Å². The zero-order chi connectivity index (χ0) is 8.27. The van der Waals surface area contributed by atoms with Crippen LogP contribution in [0.4, 0.5) is 0 Å². The molecule has 2 heteroatoms. The van der Waals surface area contributed by atoms with Gasteiger partial charge >= 0.3 is 0 Å². The maximum absolute atomic E-state index is 8.86. The van der Waals surface area contributed by atoms with E-state index in [-0.39, 0.29) is 0 Å². The highest BCUT2D eigenvalue weighted by Gasteiger charge is 2.28. The lowest BCUT2D eigenvalue weighted by Gasteiger charge is -2.37. The van der Waals surface area contributed by atoms with Crippen LogP contribution in [0.15, 0.2) is 0 Å². The molecular weight excluding hydrogens is 138 g/mol. The summed E-state index contributed by atoms with van der Waals surface area (Å²) in [7, 11) is 0. The predicted octanol–water partition coefficient (Wildman–Crippen LogP) is 1.00. The fourth-order valence-electron chi connectivity index (χ4n) is 1.52. The summed E-state index contributed by atoms with van der Waals surface area (Å²) in [5.41, 5.74) is 0. The van der Waals surface area contributed by atoms with Crippen LogP contribution in [0, 0.1) is 11.8 Å². The van der Waals surface area contributed by atoms with Gasteiger partial charge in [0.25, 0.3) is 0 Å². The first-order chi connectivity index (χ1) is 5.24. The summed E-state index contributed by atoms with van der Waals surface area (Å²) in [5, 5.41) is 12.1. The van der Waals surface area contributed by atoms with Gasteiger partial charge in [0.05, 0.1) is 6.61 Å². The lowest BCUT2D eigenvalue weighted by atomic mass is 9.86.